The Morgan fingerprint density at radius 2 is 2.13 bits per heavy atom. The quantitative estimate of drug-likeness (QED) is 0.588. The van der Waals surface area contributed by atoms with Crippen LogP contribution in [0.15, 0.2) is 18.2 Å². The molecule has 5 heteroatoms. The zero-order valence-corrected chi connectivity index (χ0v) is 14.6. The number of carbonyl (C=O) groups excluding carboxylic acids is 1. The molecule has 0 atom stereocenters. The predicted molar refractivity (Wildman–Crippen MR) is 91.6 cm³/mol. The second kappa shape index (κ2) is 7.79. The molecule has 128 valence electrons. The van der Waals surface area contributed by atoms with Gasteiger partial charge in [0.15, 0.2) is 5.75 Å². The molecule has 0 heterocycles. The van der Waals surface area contributed by atoms with Crippen molar-refractivity contribution in [1.82, 2.24) is 4.90 Å². The summed E-state index contributed by atoms with van der Waals surface area (Å²) in [5.74, 6) is 0.587. The summed E-state index contributed by atoms with van der Waals surface area (Å²) in [5.41, 5.74) is 1.26. The van der Waals surface area contributed by atoms with Crippen molar-refractivity contribution < 1.29 is 14.6 Å². The summed E-state index contributed by atoms with van der Waals surface area (Å²) in [6.45, 7) is 5.06. The van der Waals surface area contributed by atoms with E-state index in [9.17, 15) is 4.79 Å². The van der Waals surface area contributed by atoms with E-state index in [-0.39, 0.29) is 11.4 Å². The Labute approximate surface area is 138 Å². The van der Waals surface area contributed by atoms with E-state index >= 15 is 0 Å². The van der Waals surface area contributed by atoms with E-state index < -0.39 is 0 Å². The molecule has 1 aliphatic carbocycles. The number of aryl methyl sites for hydroxylation is 1. The summed E-state index contributed by atoms with van der Waals surface area (Å²) in [6.07, 6.45) is 5.15. The first-order chi connectivity index (χ1) is 11.0. The molecule has 1 aromatic rings. The molecular formula is C18H28N2O3. The van der Waals surface area contributed by atoms with Crippen molar-refractivity contribution >= 4 is 11.6 Å². The number of nitrogens with one attached hydrogen (secondary N) is 1. The molecule has 0 bridgehead atoms. The van der Waals surface area contributed by atoms with Crippen LogP contribution in [0.4, 0.5) is 5.69 Å². The van der Waals surface area contributed by atoms with Crippen molar-refractivity contribution in [1.29, 1.82) is 0 Å². The van der Waals surface area contributed by atoms with Crippen LogP contribution in [0.1, 0.15) is 44.6 Å². The van der Waals surface area contributed by atoms with Gasteiger partial charge in [-0.3, -0.25) is 9.69 Å². The summed E-state index contributed by atoms with van der Waals surface area (Å²) in [4.78, 5) is 25.1. The fourth-order valence-corrected chi connectivity index (χ4v) is 3.09. The number of benzene rings is 1. The first-order valence-corrected chi connectivity index (χ1v) is 8.38. The van der Waals surface area contributed by atoms with Crippen molar-refractivity contribution in [2.24, 2.45) is 0 Å². The minimum absolute atomic E-state index is 0.0533. The molecule has 1 saturated carbocycles. The van der Waals surface area contributed by atoms with Gasteiger partial charge in [-0.1, -0.05) is 25.5 Å². The summed E-state index contributed by atoms with van der Waals surface area (Å²) >= 11 is 0. The maximum Gasteiger partial charge on any atom is 0.244 e. The lowest BCUT2D eigenvalue weighted by molar-refractivity contribution is -0.177. The number of unbranched alkanes of at least 4 members (excludes halogenated alkanes) is 1. The highest BCUT2D eigenvalue weighted by Crippen LogP contribution is 2.39. The standard InChI is InChI=1S/C18H28N2O3/c1-5-6-13-20(3)18(11-8-12-18)17(21)19-16-14(2)9-7-10-15(16)23-22-4/h7,9-10H,5-6,8,11-13H2,1-4H3,(H,19,21). The maximum absolute atomic E-state index is 13.0. The van der Waals surface area contributed by atoms with Crippen LogP contribution in [-0.4, -0.2) is 37.0 Å². The average molecular weight is 320 g/mol. The zero-order valence-electron chi connectivity index (χ0n) is 14.6. The Bertz CT molecular complexity index is 541. The van der Waals surface area contributed by atoms with Crippen LogP contribution in [0.25, 0.3) is 0 Å². The van der Waals surface area contributed by atoms with E-state index in [1.54, 1.807) is 6.07 Å². The van der Waals surface area contributed by atoms with Crippen LogP contribution >= 0.6 is 0 Å². The van der Waals surface area contributed by atoms with Gasteiger partial charge in [0.1, 0.15) is 5.54 Å². The lowest BCUT2D eigenvalue weighted by atomic mass is 9.74. The molecule has 0 saturated heterocycles. The van der Waals surface area contributed by atoms with Crippen molar-refractivity contribution in [3.8, 4) is 5.75 Å². The Balaban J connectivity index is 2.17. The molecule has 5 nitrogen and oxygen atoms in total. The van der Waals surface area contributed by atoms with Crippen LogP contribution in [-0.2, 0) is 9.68 Å². The Morgan fingerprint density at radius 1 is 1.39 bits per heavy atom. The monoisotopic (exact) mass is 320 g/mol. The molecule has 1 aromatic carbocycles. The van der Waals surface area contributed by atoms with Gasteiger partial charge in [-0.15, -0.1) is 0 Å². The largest absolute Gasteiger partial charge is 0.336 e. The molecule has 0 unspecified atom stereocenters. The lowest BCUT2D eigenvalue weighted by Gasteiger charge is -2.47. The molecule has 0 aromatic heterocycles. The summed E-state index contributed by atoms with van der Waals surface area (Å²) in [6, 6.07) is 5.62. The normalized spacial score (nSPS) is 16.0. The van der Waals surface area contributed by atoms with Crippen LogP contribution in [0.2, 0.25) is 0 Å². The molecule has 0 spiro atoms. The Morgan fingerprint density at radius 3 is 2.70 bits per heavy atom. The lowest BCUT2D eigenvalue weighted by Crippen LogP contribution is -2.60. The van der Waals surface area contributed by atoms with Gasteiger partial charge in [-0.25, -0.2) is 0 Å². The maximum atomic E-state index is 13.0. The highest BCUT2D eigenvalue weighted by molar-refractivity contribution is 6.00. The summed E-state index contributed by atoms with van der Waals surface area (Å²) < 4.78 is 0. The molecule has 1 fully saturated rings. The SMILES string of the molecule is CCCCN(C)C1(C(=O)Nc2c(C)cccc2OOC)CCC1. The van der Waals surface area contributed by atoms with Gasteiger partial charge in [0, 0.05) is 0 Å². The fraction of sp³-hybridized carbons (Fsp3) is 0.611. The van der Waals surface area contributed by atoms with Gasteiger partial charge in [-0.05, 0) is 57.8 Å². The van der Waals surface area contributed by atoms with Gasteiger partial charge in [-0.2, -0.15) is 4.89 Å². The summed E-state index contributed by atoms with van der Waals surface area (Å²) in [5, 5.41) is 3.08. The van der Waals surface area contributed by atoms with Crippen LogP contribution in [0.3, 0.4) is 0 Å². The topological polar surface area (TPSA) is 50.8 Å². The highest BCUT2D eigenvalue weighted by atomic mass is 17.2. The number of nitrogens with zero attached hydrogens (tertiary/aromatic N) is 1. The highest BCUT2D eigenvalue weighted by Gasteiger charge is 2.47. The number of carbonyl (C=O) groups is 1. The molecule has 23 heavy (non-hydrogen) atoms. The molecule has 1 N–H and O–H groups in total. The zero-order chi connectivity index (χ0) is 16.9. The second-order valence-electron chi connectivity index (χ2n) is 6.31. The van der Waals surface area contributed by atoms with Crippen LogP contribution < -0.4 is 10.2 Å². The summed E-state index contributed by atoms with van der Waals surface area (Å²) in [7, 11) is 3.51. The number of para-hydroxylation sites is 1. The number of hydrogen-bond acceptors (Lipinski definition) is 4. The van der Waals surface area contributed by atoms with E-state index in [1.807, 2.05) is 19.1 Å². The van der Waals surface area contributed by atoms with Crippen molar-refractivity contribution in [2.75, 3.05) is 26.0 Å². The van der Waals surface area contributed by atoms with Gasteiger partial charge in [0.05, 0.1) is 12.8 Å². The van der Waals surface area contributed by atoms with Crippen molar-refractivity contribution in [3.63, 3.8) is 0 Å². The van der Waals surface area contributed by atoms with Gasteiger partial charge >= 0.3 is 0 Å². The third-order valence-electron chi connectivity index (χ3n) is 4.83. The van der Waals surface area contributed by atoms with Crippen LogP contribution in [0, 0.1) is 6.92 Å². The molecule has 0 radical (unpaired) electrons. The number of rotatable bonds is 8. The molecule has 0 aliphatic heterocycles. The number of amides is 1. The van der Waals surface area contributed by atoms with Crippen molar-refractivity contribution in [2.45, 2.75) is 51.5 Å². The third-order valence-corrected chi connectivity index (χ3v) is 4.83. The average Bonchev–Trinajstić information content (AvgIpc) is 2.47. The van der Waals surface area contributed by atoms with Gasteiger partial charge < -0.3 is 10.2 Å². The first kappa shape index (κ1) is 17.8. The minimum atomic E-state index is -0.387. The Kier molecular flexibility index (Phi) is 6.02. The van der Waals surface area contributed by atoms with Gasteiger partial charge in [0.2, 0.25) is 5.91 Å². The van der Waals surface area contributed by atoms with Crippen molar-refractivity contribution in [3.05, 3.63) is 23.8 Å². The Hall–Kier alpha value is -1.59. The number of anilines is 1. The van der Waals surface area contributed by atoms with E-state index in [1.165, 1.54) is 7.11 Å². The van der Waals surface area contributed by atoms with E-state index in [2.05, 4.69) is 24.2 Å². The van der Waals surface area contributed by atoms with Gasteiger partial charge in [0.25, 0.3) is 0 Å². The number of hydrogen-bond donors (Lipinski definition) is 1. The molecule has 1 amide bonds. The third kappa shape index (κ3) is 3.67. The smallest absolute Gasteiger partial charge is 0.244 e. The van der Waals surface area contributed by atoms with Crippen LogP contribution in [0.5, 0.6) is 5.75 Å². The second-order valence-corrected chi connectivity index (χ2v) is 6.31. The van der Waals surface area contributed by atoms with E-state index in [0.29, 0.717) is 11.4 Å². The fourth-order valence-electron chi connectivity index (χ4n) is 3.09. The minimum Gasteiger partial charge on any atom is -0.336 e. The molecule has 2 rings (SSSR count). The molecular weight excluding hydrogens is 292 g/mol. The van der Waals surface area contributed by atoms with E-state index in [4.69, 9.17) is 9.78 Å². The van der Waals surface area contributed by atoms with E-state index in [0.717, 1.165) is 44.2 Å². The first-order valence-electron chi connectivity index (χ1n) is 8.38. The molecule has 1 aliphatic rings. The number of likely N-dealkylation sites (N-methyl/N-ethyl adjacent to an activating group) is 1. The predicted octanol–water partition coefficient (Wildman–Crippen LogP) is 3.53.